The number of aromatic nitrogens is 3. The van der Waals surface area contributed by atoms with Gasteiger partial charge in [0, 0.05) is 6.54 Å². The molecular weight excluding hydrogens is 274 g/mol. The number of aliphatic hydroxyl groups excluding tert-OH is 3. The maximum absolute atomic E-state index is 9.22. The molecule has 0 amide bonds. The van der Waals surface area contributed by atoms with Gasteiger partial charge in [0.15, 0.2) is 0 Å². The summed E-state index contributed by atoms with van der Waals surface area (Å²) in [7, 11) is 0. The van der Waals surface area contributed by atoms with Crippen LogP contribution < -0.4 is 10.6 Å². The van der Waals surface area contributed by atoms with Crippen molar-refractivity contribution < 1.29 is 15.3 Å². The molecule has 0 aliphatic rings. The van der Waals surface area contributed by atoms with E-state index in [-0.39, 0.29) is 17.2 Å². The van der Waals surface area contributed by atoms with E-state index in [1.807, 2.05) is 6.92 Å². The standard InChI is InChI=1S/C10H18ClN5O3/c1-2-3-12-8-13-7(11)14-9(15-8)16-10(4-17,5-18)6-19/h17-19H,2-6H2,1H3,(H2,12,13,14,15,16). The van der Waals surface area contributed by atoms with Crippen molar-refractivity contribution in [1.29, 1.82) is 0 Å². The number of hydrogen-bond donors (Lipinski definition) is 5. The Morgan fingerprint density at radius 3 is 2.16 bits per heavy atom. The van der Waals surface area contributed by atoms with Crippen LogP contribution in [-0.4, -0.2) is 62.2 Å². The van der Waals surface area contributed by atoms with Crippen molar-refractivity contribution in [2.45, 2.75) is 18.9 Å². The highest BCUT2D eigenvalue weighted by Gasteiger charge is 2.29. The summed E-state index contributed by atoms with van der Waals surface area (Å²) >= 11 is 5.76. The van der Waals surface area contributed by atoms with Crippen LogP contribution in [0.1, 0.15) is 13.3 Å². The number of nitrogens with one attached hydrogen (secondary N) is 2. The summed E-state index contributed by atoms with van der Waals surface area (Å²) in [6.07, 6.45) is 0.889. The van der Waals surface area contributed by atoms with E-state index in [0.717, 1.165) is 6.42 Å². The lowest BCUT2D eigenvalue weighted by Crippen LogP contribution is -2.49. The fraction of sp³-hybridized carbons (Fsp3) is 0.700. The molecule has 0 unspecified atom stereocenters. The first-order valence-corrected chi connectivity index (χ1v) is 6.23. The number of aliphatic hydroxyl groups is 3. The normalized spacial score (nSPS) is 11.4. The molecule has 0 aliphatic carbocycles. The zero-order valence-corrected chi connectivity index (χ0v) is 11.4. The van der Waals surface area contributed by atoms with Crippen molar-refractivity contribution in [2.75, 3.05) is 37.0 Å². The number of rotatable bonds is 8. The zero-order valence-electron chi connectivity index (χ0n) is 10.6. The Morgan fingerprint density at radius 2 is 1.63 bits per heavy atom. The quantitative estimate of drug-likeness (QED) is 0.433. The average Bonchev–Trinajstić information content (AvgIpc) is 2.42. The Kier molecular flexibility index (Phi) is 6.16. The van der Waals surface area contributed by atoms with Gasteiger partial charge >= 0.3 is 0 Å². The van der Waals surface area contributed by atoms with Crippen molar-refractivity contribution in [3.05, 3.63) is 5.28 Å². The second kappa shape index (κ2) is 7.39. The minimum absolute atomic E-state index is 0.0289. The van der Waals surface area contributed by atoms with E-state index in [4.69, 9.17) is 11.6 Å². The van der Waals surface area contributed by atoms with E-state index in [2.05, 4.69) is 25.6 Å². The van der Waals surface area contributed by atoms with Crippen LogP contribution in [0.25, 0.3) is 0 Å². The summed E-state index contributed by atoms with van der Waals surface area (Å²) in [6, 6.07) is 0. The predicted molar refractivity (Wildman–Crippen MR) is 71.2 cm³/mol. The molecule has 8 nitrogen and oxygen atoms in total. The highest BCUT2D eigenvalue weighted by Crippen LogP contribution is 2.14. The van der Waals surface area contributed by atoms with Gasteiger partial charge in [-0.25, -0.2) is 0 Å². The maximum Gasteiger partial charge on any atom is 0.229 e. The number of nitrogens with zero attached hydrogens (tertiary/aromatic N) is 3. The van der Waals surface area contributed by atoms with Crippen LogP contribution in [0.2, 0.25) is 5.28 Å². The molecule has 0 aliphatic heterocycles. The third-order valence-electron chi connectivity index (χ3n) is 2.43. The Balaban J connectivity index is 2.90. The Morgan fingerprint density at radius 1 is 1.05 bits per heavy atom. The molecule has 0 fully saturated rings. The summed E-state index contributed by atoms with van der Waals surface area (Å²) in [5.41, 5.74) is -1.31. The van der Waals surface area contributed by atoms with Crippen LogP contribution in [0, 0.1) is 0 Å². The molecule has 0 radical (unpaired) electrons. The first-order valence-electron chi connectivity index (χ1n) is 5.85. The van der Waals surface area contributed by atoms with Gasteiger partial charge in [0.1, 0.15) is 5.54 Å². The van der Waals surface area contributed by atoms with Crippen molar-refractivity contribution in [3.63, 3.8) is 0 Å². The van der Waals surface area contributed by atoms with Gasteiger partial charge in [0.25, 0.3) is 0 Å². The molecule has 1 aromatic heterocycles. The Hall–Kier alpha value is -1.22. The molecule has 5 N–H and O–H groups in total. The molecule has 1 rings (SSSR count). The van der Waals surface area contributed by atoms with Gasteiger partial charge in [-0.15, -0.1) is 0 Å². The lowest BCUT2D eigenvalue weighted by Gasteiger charge is -2.28. The van der Waals surface area contributed by atoms with E-state index in [0.29, 0.717) is 6.54 Å². The summed E-state index contributed by atoms with van der Waals surface area (Å²) < 4.78 is 0. The zero-order chi connectivity index (χ0) is 14.3. The Bertz CT molecular complexity index is 394. The molecule has 0 aromatic carbocycles. The van der Waals surface area contributed by atoms with E-state index in [9.17, 15) is 15.3 Å². The molecule has 19 heavy (non-hydrogen) atoms. The fourth-order valence-corrected chi connectivity index (χ4v) is 1.39. The van der Waals surface area contributed by atoms with Gasteiger partial charge < -0.3 is 26.0 Å². The number of halogens is 1. The van der Waals surface area contributed by atoms with Gasteiger partial charge in [-0.1, -0.05) is 6.92 Å². The highest BCUT2D eigenvalue weighted by molar-refractivity contribution is 6.28. The van der Waals surface area contributed by atoms with Crippen LogP contribution in [0.3, 0.4) is 0 Å². The first-order chi connectivity index (χ1) is 9.09. The van der Waals surface area contributed by atoms with Crippen molar-refractivity contribution >= 4 is 23.5 Å². The van der Waals surface area contributed by atoms with Crippen LogP contribution in [0.5, 0.6) is 0 Å². The third kappa shape index (κ3) is 4.43. The van der Waals surface area contributed by atoms with Crippen LogP contribution in [0.15, 0.2) is 0 Å². The van der Waals surface area contributed by atoms with Crippen molar-refractivity contribution in [2.24, 2.45) is 0 Å². The molecule has 9 heteroatoms. The summed E-state index contributed by atoms with van der Waals surface area (Å²) in [5.74, 6) is 0.350. The minimum Gasteiger partial charge on any atom is -0.394 e. The maximum atomic E-state index is 9.22. The number of anilines is 2. The third-order valence-corrected chi connectivity index (χ3v) is 2.60. The predicted octanol–water partition coefficient (Wildman–Crippen LogP) is -0.526. The smallest absolute Gasteiger partial charge is 0.229 e. The molecule has 1 heterocycles. The van der Waals surface area contributed by atoms with Gasteiger partial charge in [0.05, 0.1) is 19.8 Å². The number of hydrogen-bond acceptors (Lipinski definition) is 8. The summed E-state index contributed by atoms with van der Waals surface area (Å²) in [4.78, 5) is 11.8. The lowest BCUT2D eigenvalue weighted by molar-refractivity contribution is 0.0828. The van der Waals surface area contributed by atoms with Gasteiger partial charge in [-0.2, -0.15) is 15.0 Å². The lowest BCUT2D eigenvalue weighted by atomic mass is 10.0. The van der Waals surface area contributed by atoms with Crippen LogP contribution in [0.4, 0.5) is 11.9 Å². The van der Waals surface area contributed by atoms with Gasteiger partial charge in [-0.3, -0.25) is 0 Å². The molecule has 108 valence electrons. The molecule has 0 spiro atoms. The fourth-order valence-electron chi connectivity index (χ4n) is 1.23. The molecule has 0 atom stereocenters. The van der Waals surface area contributed by atoms with E-state index >= 15 is 0 Å². The van der Waals surface area contributed by atoms with Gasteiger partial charge in [0.2, 0.25) is 17.2 Å². The second-order valence-corrected chi connectivity index (χ2v) is 4.40. The monoisotopic (exact) mass is 291 g/mol. The van der Waals surface area contributed by atoms with Crippen LogP contribution >= 0.6 is 11.6 Å². The Labute approximate surface area is 115 Å². The minimum atomic E-state index is -1.31. The summed E-state index contributed by atoms with van der Waals surface area (Å²) in [6.45, 7) is 1.21. The molecule has 0 saturated heterocycles. The average molecular weight is 292 g/mol. The summed E-state index contributed by atoms with van der Waals surface area (Å²) in [5, 5.41) is 33.2. The molecule has 1 aromatic rings. The molecular formula is C10H18ClN5O3. The van der Waals surface area contributed by atoms with E-state index < -0.39 is 25.4 Å². The van der Waals surface area contributed by atoms with Crippen LogP contribution in [-0.2, 0) is 0 Å². The van der Waals surface area contributed by atoms with Gasteiger partial charge in [-0.05, 0) is 18.0 Å². The van der Waals surface area contributed by atoms with E-state index in [1.165, 1.54) is 0 Å². The van der Waals surface area contributed by atoms with Crippen molar-refractivity contribution in [3.8, 4) is 0 Å². The highest BCUT2D eigenvalue weighted by atomic mass is 35.5. The van der Waals surface area contributed by atoms with Crippen molar-refractivity contribution in [1.82, 2.24) is 15.0 Å². The topological polar surface area (TPSA) is 123 Å². The first kappa shape index (κ1) is 15.8. The largest absolute Gasteiger partial charge is 0.394 e. The second-order valence-electron chi connectivity index (χ2n) is 4.06. The molecule has 0 saturated carbocycles. The van der Waals surface area contributed by atoms with E-state index in [1.54, 1.807) is 0 Å². The molecule has 0 bridgehead atoms. The SMILES string of the molecule is CCCNc1nc(Cl)nc(NC(CO)(CO)CO)n1.